The number of aromatic amines is 1. The van der Waals surface area contributed by atoms with Crippen molar-refractivity contribution >= 4 is 11.6 Å². The standard InChI is InChI=1S/C10H18N4O2/c1-6(2)3-7(5-15)13-10(16)9-8(11)4-12-14-9/h4,6-7,15H,3,5,11H2,1-2H3,(H,12,14)(H,13,16). The van der Waals surface area contributed by atoms with Crippen molar-refractivity contribution in [1.29, 1.82) is 0 Å². The highest BCUT2D eigenvalue weighted by atomic mass is 16.3. The summed E-state index contributed by atoms with van der Waals surface area (Å²) in [6.07, 6.45) is 2.10. The average Bonchev–Trinajstić information content (AvgIpc) is 2.62. The van der Waals surface area contributed by atoms with E-state index in [1.165, 1.54) is 6.20 Å². The number of amides is 1. The number of nitrogen functional groups attached to an aromatic ring is 1. The Balaban J connectivity index is 2.59. The number of nitrogens with zero attached hydrogens (tertiary/aromatic N) is 1. The molecule has 6 nitrogen and oxygen atoms in total. The molecule has 1 rings (SSSR count). The van der Waals surface area contributed by atoms with Gasteiger partial charge in [0.25, 0.3) is 5.91 Å². The number of carbonyl (C=O) groups excluding carboxylic acids is 1. The number of carbonyl (C=O) groups is 1. The summed E-state index contributed by atoms with van der Waals surface area (Å²) in [5, 5.41) is 18.0. The summed E-state index contributed by atoms with van der Waals surface area (Å²) in [5.74, 6) is 0.0614. The van der Waals surface area contributed by atoms with E-state index in [-0.39, 0.29) is 24.2 Å². The van der Waals surface area contributed by atoms with Gasteiger partial charge >= 0.3 is 0 Å². The Morgan fingerprint density at radius 2 is 2.38 bits per heavy atom. The maximum atomic E-state index is 11.7. The lowest BCUT2D eigenvalue weighted by molar-refractivity contribution is 0.0904. The zero-order chi connectivity index (χ0) is 12.1. The third kappa shape index (κ3) is 3.23. The van der Waals surface area contributed by atoms with Gasteiger partial charge in [0.2, 0.25) is 0 Å². The number of nitrogens with two attached hydrogens (primary N) is 1. The van der Waals surface area contributed by atoms with Crippen molar-refractivity contribution in [2.45, 2.75) is 26.3 Å². The van der Waals surface area contributed by atoms with Crippen molar-refractivity contribution in [3.8, 4) is 0 Å². The molecule has 1 aromatic heterocycles. The lowest BCUT2D eigenvalue weighted by Gasteiger charge is -2.17. The zero-order valence-corrected chi connectivity index (χ0v) is 9.53. The van der Waals surface area contributed by atoms with E-state index in [0.29, 0.717) is 11.6 Å². The minimum Gasteiger partial charge on any atom is -0.396 e. The molecule has 5 N–H and O–H groups in total. The van der Waals surface area contributed by atoms with Gasteiger partial charge in [-0.05, 0) is 12.3 Å². The van der Waals surface area contributed by atoms with Crippen LogP contribution in [-0.2, 0) is 0 Å². The molecule has 1 unspecified atom stereocenters. The molecule has 0 saturated carbocycles. The maximum Gasteiger partial charge on any atom is 0.271 e. The van der Waals surface area contributed by atoms with E-state index in [1.807, 2.05) is 13.8 Å². The second-order valence-electron chi connectivity index (χ2n) is 4.18. The Labute approximate surface area is 94.2 Å². The normalized spacial score (nSPS) is 12.8. The molecule has 6 heteroatoms. The number of aliphatic hydroxyl groups excluding tert-OH is 1. The molecule has 1 aromatic rings. The van der Waals surface area contributed by atoms with Crippen molar-refractivity contribution in [3.05, 3.63) is 11.9 Å². The summed E-state index contributed by atoms with van der Waals surface area (Å²) < 4.78 is 0. The number of aliphatic hydroxyl groups is 1. The Bertz CT molecular complexity index is 348. The SMILES string of the molecule is CC(C)CC(CO)NC(=O)c1[nH]ncc1N. The van der Waals surface area contributed by atoms with Crippen LogP contribution in [-0.4, -0.2) is 33.9 Å². The smallest absolute Gasteiger partial charge is 0.271 e. The number of nitrogens with one attached hydrogen (secondary N) is 2. The van der Waals surface area contributed by atoms with Gasteiger partial charge in [0.05, 0.1) is 24.5 Å². The first-order valence-electron chi connectivity index (χ1n) is 5.25. The van der Waals surface area contributed by atoms with E-state index in [2.05, 4.69) is 15.5 Å². The molecule has 16 heavy (non-hydrogen) atoms. The van der Waals surface area contributed by atoms with Crippen LogP contribution in [0.3, 0.4) is 0 Å². The van der Waals surface area contributed by atoms with Gasteiger partial charge in [-0.1, -0.05) is 13.8 Å². The molecule has 1 atom stereocenters. The minimum atomic E-state index is -0.338. The van der Waals surface area contributed by atoms with Crippen molar-refractivity contribution in [1.82, 2.24) is 15.5 Å². The summed E-state index contributed by atoms with van der Waals surface area (Å²) in [6.45, 7) is 3.97. The van der Waals surface area contributed by atoms with Gasteiger partial charge in [-0.25, -0.2) is 0 Å². The lowest BCUT2D eigenvalue weighted by Crippen LogP contribution is -2.38. The Morgan fingerprint density at radius 1 is 1.69 bits per heavy atom. The summed E-state index contributed by atoms with van der Waals surface area (Å²) in [7, 11) is 0. The quantitative estimate of drug-likeness (QED) is 0.572. The molecule has 0 fully saturated rings. The van der Waals surface area contributed by atoms with Crippen LogP contribution < -0.4 is 11.1 Å². The lowest BCUT2D eigenvalue weighted by atomic mass is 10.0. The predicted octanol–water partition coefficient (Wildman–Crippen LogP) is 0.129. The molecule has 0 aliphatic heterocycles. The topological polar surface area (TPSA) is 104 Å². The van der Waals surface area contributed by atoms with Gasteiger partial charge in [-0.15, -0.1) is 0 Å². The fraction of sp³-hybridized carbons (Fsp3) is 0.600. The summed E-state index contributed by atoms with van der Waals surface area (Å²) in [4.78, 5) is 11.7. The first-order chi connectivity index (χ1) is 7.54. The number of rotatable bonds is 5. The molecule has 0 bridgehead atoms. The van der Waals surface area contributed by atoms with E-state index in [9.17, 15) is 4.79 Å². The van der Waals surface area contributed by atoms with E-state index in [4.69, 9.17) is 10.8 Å². The molecular formula is C10H18N4O2. The fourth-order valence-corrected chi connectivity index (χ4v) is 1.48. The molecule has 90 valence electrons. The maximum absolute atomic E-state index is 11.7. The summed E-state index contributed by atoms with van der Waals surface area (Å²) in [5.41, 5.74) is 6.09. The molecule has 1 amide bonds. The zero-order valence-electron chi connectivity index (χ0n) is 9.53. The molecule has 0 aliphatic carbocycles. The summed E-state index contributed by atoms with van der Waals surface area (Å²) >= 11 is 0. The Kier molecular flexibility index (Phi) is 4.30. The molecule has 0 aliphatic rings. The van der Waals surface area contributed by atoms with Crippen LogP contribution in [0.25, 0.3) is 0 Å². The van der Waals surface area contributed by atoms with E-state index in [1.54, 1.807) is 0 Å². The van der Waals surface area contributed by atoms with Gasteiger partial charge in [0.1, 0.15) is 5.69 Å². The van der Waals surface area contributed by atoms with Gasteiger partial charge in [-0.2, -0.15) is 5.10 Å². The third-order valence-corrected chi connectivity index (χ3v) is 2.21. The average molecular weight is 226 g/mol. The van der Waals surface area contributed by atoms with Crippen molar-refractivity contribution in [2.24, 2.45) is 5.92 Å². The Hall–Kier alpha value is -1.56. The van der Waals surface area contributed by atoms with Crippen LogP contribution in [0.1, 0.15) is 30.8 Å². The van der Waals surface area contributed by atoms with Gasteiger partial charge in [-0.3, -0.25) is 9.89 Å². The fourth-order valence-electron chi connectivity index (χ4n) is 1.48. The second kappa shape index (κ2) is 5.50. The van der Waals surface area contributed by atoms with E-state index < -0.39 is 0 Å². The van der Waals surface area contributed by atoms with Crippen molar-refractivity contribution in [3.63, 3.8) is 0 Å². The van der Waals surface area contributed by atoms with Crippen LogP contribution >= 0.6 is 0 Å². The number of anilines is 1. The molecule has 0 radical (unpaired) electrons. The number of aromatic nitrogens is 2. The molecule has 0 aromatic carbocycles. The predicted molar refractivity (Wildman–Crippen MR) is 60.8 cm³/mol. The van der Waals surface area contributed by atoms with Crippen LogP contribution in [0.4, 0.5) is 5.69 Å². The van der Waals surface area contributed by atoms with Crippen LogP contribution in [0.2, 0.25) is 0 Å². The van der Waals surface area contributed by atoms with Gasteiger partial charge in [0.15, 0.2) is 0 Å². The first-order valence-corrected chi connectivity index (χ1v) is 5.25. The molecule has 0 spiro atoms. The largest absolute Gasteiger partial charge is 0.396 e. The highest BCUT2D eigenvalue weighted by molar-refractivity contribution is 5.97. The number of H-pyrrole nitrogens is 1. The number of hydrogen-bond acceptors (Lipinski definition) is 4. The van der Waals surface area contributed by atoms with Crippen LogP contribution in [0, 0.1) is 5.92 Å². The molecule has 0 saturated heterocycles. The van der Waals surface area contributed by atoms with Gasteiger partial charge in [0, 0.05) is 0 Å². The molecular weight excluding hydrogens is 208 g/mol. The van der Waals surface area contributed by atoms with Crippen LogP contribution in [0.15, 0.2) is 6.20 Å². The monoisotopic (exact) mass is 226 g/mol. The van der Waals surface area contributed by atoms with Crippen molar-refractivity contribution < 1.29 is 9.90 Å². The van der Waals surface area contributed by atoms with E-state index >= 15 is 0 Å². The minimum absolute atomic E-state index is 0.0854. The summed E-state index contributed by atoms with van der Waals surface area (Å²) in [6, 6.07) is -0.254. The van der Waals surface area contributed by atoms with E-state index in [0.717, 1.165) is 6.42 Å². The Morgan fingerprint density at radius 3 is 2.81 bits per heavy atom. The second-order valence-corrected chi connectivity index (χ2v) is 4.18. The third-order valence-electron chi connectivity index (χ3n) is 2.21. The highest BCUT2D eigenvalue weighted by Crippen LogP contribution is 2.08. The first kappa shape index (κ1) is 12.5. The van der Waals surface area contributed by atoms with Crippen molar-refractivity contribution in [2.75, 3.05) is 12.3 Å². The highest BCUT2D eigenvalue weighted by Gasteiger charge is 2.17. The number of hydrogen-bond donors (Lipinski definition) is 4. The van der Waals surface area contributed by atoms with Gasteiger partial charge < -0.3 is 16.2 Å². The van der Waals surface area contributed by atoms with Crippen LogP contribution in [0.5, 0.6) is 0 Å². The molecule has 1 heterocycles.